The van der Waals surface area contributed by atoms with Crippen LogP contribution in [0.5, 0.6) is 0 Å². The lowest BCUT2D eigenvalue weighted by molar-refractivity contribution is -0.119. The normalized spacial score (nSPS) is 9.86. The predicted molar refractivity (Wildman–Crippen MR) is 57.2 cm³/mol. The van der Waals surface area contributed by atoms with Crippen molar-refractivity contribution in [3.8, 4) is 0 Å². The van der Waals surface area contributed by atoms with E-state index in [4.69, 9.17) is 17.3 Å². The van der Waals surface area contributed by atoms with Gasteiger partial charge in [0.15, 0.2) is 0 Å². The minimum atomic E-state index is -0.142. The van der Waals surface area contributed by atoms with Gasteiger partial charge in [-0.3, -0.25) is 4.79 Å². The van der Waals surface area contributed by atoms with Crippen LogP contribution >= 0.6 is 11.6 Å². The zero-order valence-electron chi connectivity index (χ0n) is 7.79. The van der Waals surface area contributed by atoms with Crippen molar-refractivity contribution in [1.29, 1.82) is 0 Å². The summed E-state index contributed by atoms with van der Waals surface area (Å²) >= 11 is 5.94. The van der Waals surface area contributed by atoms with Crippen molar-refractivity contribution < 1.29 is 4.79 Å². The fourth-order valence-electron chi connectivity index (χ4n) is 1.11. The third-order valence-electron chi connectivity index (χ3n) is 1.86. The van der Waals surface area contributed by atoms with Crippen LogP contribution in [0.2, 0.25) is 5.02 Å². The Hall–Kier alpha value is -1.06. The molecule has 1 aromatic carbocycles. The van der Waals surface area contributed by atoms with Gasteiger partial charge in [-0.15, -0.1) is 0 Å². The minimum Gasteiger partial charge on any atom is -0.355 e. The number of carbonyl (C=O) groups excluding carboxylic acids is 1. The Morgan fingerprint density at radius 1 is 1.43 bits per heavy atom. The van der Waals surface area contributed by atoms with Crippen molar-refractivity contribution >= 4 is 17.5 Å². The lowest BCUT2D eigenvalue weighted by Gasteiger charge is -2.04. The molecule has 3 N–H and O–H groups in total. The molecule has 1 amide bonds. The number of nitrogens with two attached hydrogens (primary N) is 1. The quantitative estimate of drug-likeness (QED) is 0.781. The first kappa shape index (κ1) is 11.0. The summed E-state index contributed by atoms with van der Waals surface area (Å²) in [6.07, 6.45) is 0.728. The van der Waals surface area contributed by atoms with Crippen molar-refractivity contribution in [2.24, 2.45) is 5.73 Å². The van der Waals surface area contributed by atoms with Gasteiger partial charge in [0.25, 0.3) is 0 Å². The minimum absolute atomic E-state index is 0.0303. The van der Waals surface area contributed by atoms with Crippen LogP contribution in [0, 0.1) is 0 Å². The lowest BCUT2D eigenvalue weighted by atomic mass is 10.1. The molecule has 0 aliphatic carbocycles. The molecule has 1 rings (SSSR count). The molecule has 0 atom stereocenters. The number of nitrogens with one attached hydrogen (secondary N) is 1. The van der Waals surface area contributed by atoms with Crippen LogP contribution < -0.4 is 11.1 Å². The Morgan fingerprint density at radius 2 is 2.14 bits per heavy atom. The Kier molecular flexibility index (Phi) is 4.43. The summed E-state index contributed by atoms with van der Waals surface area (Å²) < 4.78 is 0. The Balaban J connectivity index is 2.39. The van der Waals surface area contributed by atoms with E-state index in [-0.39, 0.29) is 12.5 Å². The maximum absolute atomic E-state index is 10.8. The van der Waals surface area contributed by atoms with E-state index in [9.17, 15) is 4.79 Å². The molecule has 0 unspecified atom stereocenters. The number of hydrogen-bond donors (Lipinski definition) is 2. The summed E-state index contributed by atoms with van der Waals surface area (Å²) in [5, 5.41) is 3.42. The van der Waals surface area contributed by atoms with Gasteiger partial charge in [-0.1, -0.05) is 29.8 Å². The summed E-state index contributed by atoms with van der Waals surface area (Å²) in [6, 6.07) is 7.58. The van der Waals surface area contributed by atoms with Gasteiger partial charge in [-0.25, -0.2) is 0 Å². The van der Waals surface area contributed by atoms with Gasteiger partial charge in [-0.2, -0.15) is 0 Å². The number of rotatable bonds is 4. The predicted octanol–water partition coefficient (Wildman–Crippen LogP) is 0.957. The van der Waals surface area contributed by atoms with Gasteiger partial charge < -0.3 is 11.1 Å². The summed E-state index contributed by atoms with van der Waals surface area (Å²) in [6.45, 7) is 0.599. The Bertz CT molecular complexity index is 315. The van der Waals surface area contributed by atoms with Gasteiger partial charge in [0.1, 0.15) is 0 Å². The Morgan fingerprint density at radius 3 is 2.79 bits per heavy atom. The van der Waals surface area contributed by atoms with E-state index in [0.29, 0.717) is 6.54 Å². The number of hydrogen-bond acceptors (Lipinski definition) is 2. The van der Waals surface area contributed by atoms with Crippen LogP contribution in [0.25, 0.3) is 0 Å². The topological polar surface area (TPSA) is 55.1 Å². The van der Waals surface area contributed by atoms with Crippen LogP contribution in [0.3, 0.4) is 0 Å². The second-order valence-electron chi connectivity index (χ2n) is 2.90. The first-order valence-corrected chi connectivity index (χ1v) is 4.82. The first-order valence-electron chi connectivity index (χ1n) is 4.44. The van der Waals surface area contributed by atoms with Crippen LogP contribution in [0.1, 0.15) is 5.56 Å². The van der Waals surface area contributed by atoms with Gasteiger partial charge in [0.2, 0.25) is 5.91 Å². The van der Waals surface area contributed by atoms with E-state index < -0.39 is 0 Å². The van der Waals surface area contributed by atoms with Crippen molar-refractivity contribution in [2.45, 2.75) is 6.42 Å². The average Bonchev–Trinajstić information content (AvgIpc) is 2.20. The molecule has 76 valence electrons. The number of halogens is 1. The van der Waals surface area contributed by atoms with Gasteiger partial charge in [-0.05, 0) is 18.1 Å². The van der Waals surface area contributed by atoms with E-state index in [0.717, 1.165) is 17.0 Å². The second kappa shape index (κ2) is 5.62. The maximum Gasteiger partial charge on any atom is 0.233 e. The van der Waals surface area contributed by atoms with E-state index in [1.807, 2.05) is 24.3 Å². The average molecular weight is 213 g/mol. The molecule has 0 spiro atoms. The van der Waals surface area contributed by atoms with Gasteiger partial charge >= 0.3 is 0 Å². The van der Waals surface area contributed by atoms with Crippen LogP contribution in [0.15, 0.2) is 24.3 Å². The number of carbonyl (C=O) groups is 1. The summed E-state index contributed by atoms with van der Waals surface area (Å²) in [4.78, 5) is 10.8. The molecule has 0 saturated carbocycles. The maximum atomic E-state index is 10.8. The second-order valence-corrected chi connectivity index (χ2v) is 3.30. The Labute approximate surface area is 88.2 Å². The molecule has 0 heterocycles. The molecular formula is C10H13ClN2O. The third kappa shape index (κ3) is 3.36. The monoisotopic (exact) mass is 212 g/mol. The van der Waals surface area contributed by atoms with E-state index in [1.165, 1.54) is 0 Å². The van der Waals surface area contributed by atoms with Gasteiger partial charge in [0.05, 0.1) is 6.54 Å². The molecule has 0 saturated heterocycles. The van der Waals surface area contributed by atoms with Crippen LogP contribution in [0.4, 0.5) is 0 Å². The van der Waals surface area contributed by atoms with Crippen LogP contribution in [-0.4, -0.2) is 19.0 Å². The summed E-state index contributed by atoms with van der Waals surface area (Å²) in [5.74, 6) is -0.142. The molecule has 0 aromatic heterocycles. The highest BCUT2D eigenvalue weighted by atomic mass is 35.5. The van der Waals surface area contributed by atoms with E-state index in [2.05, 4.69) is 5.32 Å². The highest BCUT2D eigenvalue weighted by Gasteiger charge is 1.99. The highest BCUT2D eigenvalue weighted by molar-refractivity contribution is 6.31. The van der Waals surface area contributed by atoms with Gasteiger partial charge in [0, 0.05) is 11.6 Å². The fourth-order valence-corrected chi connectivity index (χ4v) is 1.34. The molecule has 3 nitrogen and oxygen atoms in total. The van der Waals surface area contributed by atoms with Crippen molar-refractivity contribution in [2.75, 3.05) is 13.1 Å². The molecule has 14 heavy (non-hydrogen) atoms. The summed E-state index contributed by atoms with van der Waals surface area (Å²) in [7, 11) is 0. The SMILES string of the molecule is NCC(=O)NCCc1ccccc1Cl. The molecule has 1 aromatic rings. The molecule has 0 aliphatic rings. The molecule has 0 radical (unpaired) electrons. The van der Waals surface area contributed by atoms with E-state index >= 15 is 0 Å². The number of amides is 1. The molecular weight excluding hydrogens is 200 g/mol. The van der Waals surface area contributed by atoms with Crippen LogP contribution in [-0.2, 0) is 11.2 Å². The van der Waals surface area contributed by atoms with Crippen molar-refractivity contribution in [3.05, 3.63) is 34.9 Å². The largest absolute Gasteiger partial charge is 0.355 e. The number of benzene rings is 1. The smallest absolute Gasteiger partial charge is 0.233 e. The molecule has 0 bridgehead atoms. The molecule has 0 aliphatic heterocycles. The highest BCUT2D eigenvalue weighted by Crippen LogP contribution is 2.14. The van der Waals surface area contributed by atoms with Crippen molar-refractivity contribution in [3.63, 3.8) is 0 Å². The van der Waals surface area contributed by atoms with Crippen molar-refractivity contribution in [1.82, 2.24) is 5.32 Å². The lowest BCUT2D eigenvalue weighted by Crippen LogP contribution is -2.31. The standard InChI is InChI=1S/C10H13ClN2O/c11-9-4-2-1-3-8(9)5-6-13-10(14)7-12/h1-4H,5-7,12H2,(H,13,14). The molecule has 0 fully saturated rings. The molecule has 4 heteroatoms. The third-order valence-corrected chi connectivity index (χ3v) is 2.23. The zero-order valence-corrected chi connectivity index (χ0v) is 8.55. The first-order chi connectivity index (χ1) is 6.74. The fraction of sp³-hybridized carbons (Fsp3) is 0.300. The summed E-state index contributed by atoms with van der Waals surface area (Å²) in [5.41, 5.74) is 6.18. The zero-order chi connectivity index (χ0) is 10.4. The van der Waals surface area contributed by atoms with E-state index in [1.54, 1.807) is 0 Å².